The number of aromatic nitrogens is 2. The topological polar surface area (TPSA) is 95.3 Å². The Labute approximate surface area is 105 Å². The van der Waals surface area contributed by atoms with Gasteiger partial charge in [-0.15, -0.1) is 5.10 Å². The first-order valence-electron chi connectivity index (χ1n) is 6.13. The highest BCUT2D eigenvalue weighted by atomic mass is 16.4. The van der Waals surface area contributed by atoms with Gasteiger partial charge < -0.3 is 15.5 Å². The second-order valence-electron chi connectivity index (χ2n) is 4.65. The van der Waals surface area contributed by atoms with Gasteiger partial charge in [-0.25, -0.2) is 4.79 Å². The van der Waals surface area contributed by atoms with Gasteiger partial charge in [0, 0.05) is 6.54 Å². The SMILES string of the molecule is O=C(O)c1ccnnc1NCC1CCC(O)CC1. The van der Waals surface area contributed by atoms with Crippen LogP contribution in [0.1, 0.15) is 36.0 Å². The van der Waals surface area contributed by atoms with Gasteiger partial charge in [0.05, 0.1) is 12.3 Å². The summed E-state index contributed by atoms with van der Waals surface area (Å²) < 4.78 is 0. The molecule has 98 valence electrons. The highest BCUT2D eigenvalue weighted by Crippen LogP contribution is 2.24. The molecule has 18 heavy (non-hydrogen) atoms. The highest BCUT2D eigenvalue weighted by molar-refractivity contribution is 5.92. The van der Waals surface area contributed by atoms with Gasteiger partial charge in [-0.05, 0) is 37.7 Å². The van der Waals surface area contributed by atoms with Gasteiger partial charge in [-0.2, -0.15) is 5.10 Å². The lowest BCUT2D eigenvalue weighted by Gasteiger charge is -2.25. The number of nitrogens with zero attached hydrogens (tertiary/aromatic N) is 2. The Balaban J connectivity index is 1.92. The quantitative estimate of drug-likeness (QED) is 0.742. The smallest absolute Gasteiger partial charge is 0.339 e. The van der Waals surface area contributed by atoms with Crippen molar-refractivity contribution in [1.29, 1.82) is 0 Å². The molecule has 1 aromatic rings. The molecule has 0 bridgehead atoms. The molecule has 3 N–H and O–H groups in total. The summed E-state index contributed by atoms with van der Waals surface area (Å²) in [5, 5.41) is 28.9. The zero-order valence-electron chi connectivity index (χ0n) is 10.0. The van der Waals surface area contributed by atoms with Gasteiger partial charge in [-0.1, -0.05) is 0 Å². The molecule has 0 saturated heterocycles. The molecule has 0 unspecified atom stereocenters. The van der Waals surface area contributed by atoms with E-state index in [1.54, 1.807) is 0 Å². The Hall–Kier alpha value is -1.69. The average molecular weight is 251 g/mol. The molecule has 0 spiro atoms. The summed E-state index contributed by atoms with van der Waals surface area (Å²) in [6, 6.07) is 1.43. The van der Waals surface area contributed by atoms with E-state index in [2.05, 4.69) is 15.5 Å². The first kappa shape index (κ1) is 12.8. The molecule has 6 heteroatoms. The summed E-state index contributed by atoms with van der Waals surface area (Å²) in [7, 11) is 0. The molecule has 1 heterocycles. The average Bonchev–Trinajstić information content (AvgIpc) is 2.38. The summed E-state index contributed by atoms with van der Waals surface area (Å²) >= 11 is 0. The number of anilines is 1. The van der Waals surface area contributed by atoms with Crippen LogP contribution in [-0.2, 0) is 0 Å². The summed E-state index contributed by atoms with van der Waals surface area (Å²) in [6.07, 6.45) is 4.74. The molecule has 0 aliphatic heterocycles. The number of aromatic carboxylic acids is 1. The maximum Gasteiger partial charge on any atom is 0.339 e. The maximum atomic E-state index is 11.0. The van der Waals surface area contributed by atoms with Gasteiger partial charge in [0.15, 0.2) is 5.82 Å². The van der Waals surface area contributed by atoms with Crippen molar-refractivity contribution < 1.29 is 15.0 Å². The number of rotatable bonds is 4. The number of aliphatic hydroxyl groups excluding tert-OH is 1. The maximum absolute atomic E-state index is 11.0. The zero-order chi connectivity index (χ0) is 13.0. The summed E-state index contributed by atoms with van der Waals surface area (Å²) in [6.45, 7) is 0.672. The van der Waals surface area contributed by atoms with E-state index in [0.29, 0.717) is 18.3 Å². The van der Waals surface area contributed by atoms with E-state index < -0.39 is 5.97 Å². The van der Waals surface area contributed by atoms with Crippen molar-refractivity contribution in [2.75, 3.05) is 11.9 Å². The Bertz CT molecular complexity index is 417. The van der Waals surface area contributed by atoms with E-state index in [0.717, 1.165) is 25.7 Å². The van der Waals surface area contributed by atoms with Gasteiger partial charge in [-0.3, -0.25) is 0 Å². The van der Waals surface area contributed by atoms with Crippen LogP contribution in [0.3, 0.4) is 0 Å². The van der Waals surface area contributed by atoms with E-state index in [1.807, 2.05) is 0 Å². The first-order valence-corrected chi connectivity index (χ1v) is 6.13. The van der Waals surface area contributed by atoms with Crippen molar-refractivity contribution in [3.05, 3.63) is 17.8 Å². The standard InChI is InChI=1S/C12H17N3O3/c16-9-3-1-8(2-4-9)7-13-11-10(12(17)18)5-6-14-15-11/h5-6,8-9,16H,1-4,7H2,(H,13,15)(H,17,18). The van der Waals surface area contributed by atoms with E-state index in [9.17, 15) is 9.90 Å². The number of aliphatic hydroxyl groups is 1. The molecule has 2 rings (SSSR count). The zero-order valence-corrected chi connectivity index (χ0v) is 10.0. The summed E-state index contributed by atoms with van der Waals surface area (Å²) in [5.74, 6) is -0.236. The number of carboxylic acid groups (broad SMARTS) is 1. The minimum atomic E-state index is -1.01. The van der Waals surface area contributed by atoms with Gasteiger partial charge in [0.1, 0.15) is 5.56 Å². The minimum absolute atomic E-state index is 0.140. The Morgan fingerprint density at radius 3 is 2.78 bits per heavy atom. The normalized spacial score (nSPS) is 23.6. The third-order valence-corrected chi connectivity index (χ3v) is 3.33. The van der Waals surface area contributed by atoms with Gasteiger partial charge in [0.2, 0.25) is 0 Å². The third-order valence-electron chi connectivity index (χ3n) is 3.33. The molecule has 0 amide bonds. The molecule has 1 aliphatic rings. The fraction of sp³-hybridized carbons (Fsp3) is 0.583. The monoisotopic (exact) mass is 251 g/mol. The van der Waals surface area contributed by atoms with Crippen molar-refractivity contribution in [2.24, 2.45) is 5.92 Å². The third kappa shape index (κ3) is 3.16. The van der Waals surface area contributed by atoms with Crippen LogP contribution in [0, 0.1) is 5.92 Å². The number of carbonyl (C=O) groups is 1. The summed E-state index contributed by atoms with van der Waals surface area (Å²) in [4.78, 5) is 11.0. The van der Waals surface area contributed by atoms with Crippen molar-refractivity contribution in [1.82, 2.24) is 10.2 Å². The molecule has 6 nitrogen and oxygen atoms in total. The van der Waals surface area contributed by atoms with Gasteiger partial charge >= 0.3 is 5.97 Å². The van der Waals surface area contributed by atoms with Crippen molar-refractivity contribution in [3.63, 3.8) is 0 Å². The lowest BCUT2D eigenvalue weighted by atomic mass is 9.87. The van der Waals surface area contributed by atoms with Crippen molar-refractivity contribution in [3.8, 4) is 0 Å². The molecule has 0 atom stereocenters. The molecular formula is C12H17N3O3. The minimum Gasteiger partial charge on any atom is -0.478 e. The molecule has 0 aromatic carbocycles. The van der Waals surface area contributed by atoms with Crippen LogP contribution in [0.25, 0.3) is 0 Å². The fourth-order valence-corrected chi connectivity index (χ4v) is 2.22. The number of carboxylic acids is 1. The van der Waals surface area contributed by atoms with Gasteiger partial charge in [0.25, 0.3) is 0 Å². The Morgan fingerprint density at radius 2 is 2.11 bits per heavy atom. The second-order valence-corrected chi connectivity index (χ2v) is 4.65. The van der Waals surface area contributed by atoms with E-state index in [1.165, 1.54) is 12.3 Å². The van der Waals surface area contributed by atoms with Crippen LogP contribution >= 0.6 is 0 Å². The Morgan fingerprint density at radius 1 is 1.39 bits per heavy atom. The lowest BCUT2D eigenvalue weighted by Crippen LogP contribution is -2.24. The molecule has 1 fully saturated rings. The molecular weight excluding hydrogens is 234 g/mol. The largest absolute Gasteiger partial charge is 0.478 e. The van der Waals surface area contributed by atoms with E-state index >= 15 is 0 Å². The predicted molar refractivity (Wildman–Crippen MR) is 65.4 cm³/mol. The second kappa shape index (κ2) is 5.77. The number of nitrogens with one attached hydrogen (secondary N) is 1. The molecule has 0 radical (unpaired) electrons. The molecule has 1 aromatic heterocycles. The predicted octanol–water partition coefficient (Wildman–Crippen LogP) is 1.14. The van der Waals surface area contributed by atoms with Crippen molar-refractivity contribution >= 4 is 11.8 Å². The summed E-state index contributed by atoms with van der Waals surface area (Å²) in [5.41, 5.74) is 0.140. The van der Waals surface area contributed by atoms with Crippen LogP contribution in [-0.4, -0.2) is 39.0 Å². The fourth-order valence-electron chi connectivity index (χ4n) is 2.22. The lowest BCUT2D eigenvalue weighted by molar-refractivity contribution is 0.0697. The molecule has 1 aliphatic carbocycles. The van der Waals surface area contributed by atoms with Crippen LogP contribution in [0.5, 0.6) is 0 Å². The van der Waals surface area contributed by atoms with E-state index in [4.69, 9.17) is 5.11 Å². The highest BCUT2D eigenvalue weighted by Gasteiger charge is 2.20. The number of hydrogen-bond donors (Lipinski definition) is 3. The van der Waals surface area contributed by atoms with Crippen LogP contribution in [0.2, 0.25) is 0 Å². The van der Waals surface area contributed by atoms with Crippen molar-refractivity contribution in [2.45, 2.75) is 31.8 Å². The number of hydrogen-bond acceptors (Lipinski definition) is 5. The Kier molecular flexibility index (Phi) is 4.09. The van der Waals surface area contributed by atoms with Crippen LogP contribution in [0.15, 0.2) is 12.3 Å². The first-order chi connectivity index (χ1) is 8.66. The molecule has 1 saturated carbocycles. The van der Waals surface area contributed by atoms with E-state index in [-0.39, 0.29) is 11.7 Å². The van der Waals surface area contributed by atoms with Crippen LogP contribution in [0.4, 0.5) is 5.82 Å². The van der Waals surface area contributed by atoms with Crippen LogP contribution < -0.4 is 5.32 Å².